The molecule has 0 bridgehead atoms. The van der Waals surface area contributed by atoms with Crippen LogP contribution in [0.5, 0.6) is 0 Å². The van der Waals surface area contributed by atoms with E-state index in [9.17, 15) is 0 Å². The van der Waals surface area contributed by atoms with Crippen molar-refractivity contribution in [1.29, 1.82) is 10.5 Å². The first-order chi connectivity index (χ1) is 6.77. The molecule has 68 valence electrons. The van der Waals surface area contributed by atoms with Gasteiger partial charge < -0.3 is 17.9 Å². The Morgan fingerprint density at radius 3 is 2.21 bits per heavy atom. The molecule has 0 fully saturated rings. The van der Waals surface area contributed by atoms with Gasteiger partial charge in [0.15, 0.2) is 0 Å². The van der Waals surface area contributed by atoms with Crippen molar-refractivity contribution >= 4 is 18.3 Å². The van der Waals surface area contributed by atoms with Crippen molar-refractivity contribution in [2.24, 2.45) is 0 Å². The van der Waals surface area contributed by atoms with E-state index in [0.717, 1.165) is 5.69 Å². The number of allylic oxidation sites excluding steroid dienone is 1. The summed E-state index contributed by atoms with van der Waals surface area (Å²) in [6, 6.07) is 12.6. The Balaban J connectivity index is 2.87. The smallest absolute Gasteiger partial charge is 0.126 e. The summed E-state index contributed by atoms with van der Waals surface area (Å²) in [6.45, 7) is 0. The molecule has 0 saturated heterocycles. The second-order valence-electron chi connectivity index (χ2n) is 2.42. The topological polar surface area (TPSA) is 59.6 Å². The Hall–Kier alpha value is -2.04. The van der Waals surface area contributed by atoms with Crippen molar-refractivity contribution in [2.75, 3.05) is 5.32 Å². The van der Waals surface area contributed by atoms with Gasteiger partial charge in [-0.2, -0.15) is 10.5 Å². The standard InChI is InChI=1S/C10H7N3S/c11-6-8(7-12)10(14)13-9-4-2-1-3-5-9/h1-5,13-14H/p-1. The minimum atomic E-state index is -0.0798. The van der Waals surface area contributed by atoms with Crippen LogP contribution in [0.15, 0.2) is 40.9 Å². The summed E-state index contributed by atoms with van der Waals surface area (Å²) in [5.74, 6) is 0. The molecule has 1 aromatic carbocycles. The third-order valence-corrected chi connectivity index (χ3v) is 1.79. The molecule has 0 amide bonds. The first kappa shape index (κ1) is 10.0. The van der Waals surface area contributed by atoms with E-state index < -0.39 is 0 Å². The minimum absolute atomic E-state index is 0.0798. The van der Waals surface area contributed by atoms with Crippen LogP contribution in [0.1, 0.15) is 0 Å². The molecule has 0 aliphatic carbocycles. The Kier molecular flexibility index (Phi) is 3.49. The number of hydrogen-bond donors (Lipinski definition) is 1. The number of nitrogens with one attached hydrogen (secondary N) is 1. The molecule has 3 nitrogen and oxygen atoms in total. The summed E-state index contributed by atoms with van der Waals surface area (Å²) in [4.78, 5) is 0. The minimum Gasteiger partial charge on any atom is -0.760 e. The maximum absolute atomic E-state index is 8.54. The zero-order valence-electron chi connectivity index (χ0n) is 7.19. The Morgan fingerprint density at radius 2 is 1.71 bits per heavy atom. The van der Waals surface area contributed by atoms with E-state index in [-0.39, 0.29) is 10.6 Å². The van der Waals surface area contributed by atoms with Crippen LogP contribution in [0.3, 0.4) is 0 Å². The highest BCUT2D eigenvalue weighted by atomic mass is 32.1. The Labute approximate surface area is 87.7 Å². The third-order valence-electron chi connectivity index (χ3n) is 1.48. The molecule has 0 heterocycles. The molecule has 1 aromatic rings. The quantitative estimate of drug-likeness (QED) is 0.585. The lowest BCUT2D eigenvalue weighted by molar-refractivity contribution is 1.43. The molecule has 0 spiro atoms. The van der Waals surface area contributed by atoms with E-state index in [1.165, 1.54) is 0 Å². The summed E-state index contributed by atoms with van der Waals surface area (Å²) in [7, 11) is 0. The van der Waals surface area contributed by atoms with Gasteiger partial charge in [0.25, 0.3) is 0 Å². The molecule has 0 aliphatic heterocycles. The normalized spacial score (nSPS) is 8.14. The number of anilines is 1. The maximum Gasteiger partial charge on any atom is 0.126 e. The number of rotatable bonds is 2. The van der Waals surface area contributed by atoms with Crippen molar-refractivity contribution in [1.82, 2.24) is 0 Å². The molecule has 1 N–H and O–H groups in total. The van der Waals surface area contributed by atoms with Gasteiger partial charge in [-0.15, -0.1) is 0 Å². The van der Waals surface area contributed by atoms with Crippen LogP contribution in [0.4, 0.5) is 5.69 Å². The summed E-state index contributed by atoms with van der Waals surface area (Å²) in [5.41, 5.74) is 0.685. The van der Waals surface area contributed by atoms with Gasteiger partial charge in [-0.1, -0.05) is 23.2 Å². The summed E-state index contributed by atoms with van der Waals surface area (Å²) < 4.78 is 0. The molecule has 4 heteroatoms. The molecular weight excluding hydrogens is 194 g/mol. The highest BCUT2D eigenvalue weighted by molar-refractivity contribution is 7.63. The Morgan fingerprint density at radius 1 is 1.14 bits per heavy atom. The van der Waals surface area contributed by atoms with Gasteiger partial charge in [0.05, 0.1) is 0 Å². The van der Waals surface area contributed by atoms with Crippen molar-refractivity contribution in [3.63, 3.8) is 0 Å². The van der Waals surface area contributed by atoms with Crippen LogP contribution in [-0.4, -0.2) is 0 Å². The van der Waals surface area contributed by atoms with E-state index in [1.54, 1.807) is 24.3 Å². The van der Waals surface area contributed by atoms with Crippen molar-refractivity contribution in [3.05, 3.63) is 40.9 Å². The second-order valence-corrected chi connectivity index (χ2v) is 2.83. The average Bonchev–Trinajstić information content (AvgIpc) is 2.21. The van der Waals surface area contributed by atoms with Crippen molar-refractivity contribution in [3.8, 4) is 12.1 Å². The van der Waals surface area contributed by atoms with E-state index in [4.69, 9.17) is 23.2 Å². The highest BCUT2D eigenvalue weighted by Gasteiger charge is 1.93. The predicted molar refractivity (Wildman–Crippen MR) is 55.7 cm³/mol. The summed E-state index contributed by atoms with van der Waals surface area (Å²) >= 11 is 4.86. The van der Waals surface area contributed by atoms with Crippen LogP contribution in [-0.2, 0) is 12.6 Å². The molecule has 0 atom stereocenters. The molecule has 0 aromatic heterocycles. The fraction of sp³-hybridized carbons (Fsp3) is 0. The average molecular weight is 200 g/mol. The SMILES string of the molecule is N#CC(C#N)=C([S-])Nc1ccccc1. The summed E-state index contributed by atoms with van der Waals surface area (Å²) in [6.07, 6.45) is 0. The molecule has 0 saturated carbocycles. The number of para-hydroxylation sites is 1. The van der Waals surface area contributed by atoms with E-state index >= 15 is 0 Å². The maximum atomic E-state index is 8.54. The molecule has 0 aliphatic rings. The van der Waals surface area contributed by atoms with E-state index in [2.05, 4.69) is 5.32 Å². The van der Waals surface area contributed by atoms with Gasteiger partial charge in [0.1, 0.15) is 17.7 Å². The van der Waals surface area contributed by atoms with Crippen LogP contribution in [0.2, 0.25) is 0 Å². The number of hydrogen-bond acceptors (Lipinski definition) is 4. The molecule has 14 heavy (non-hydrogen) atoms. The van der Waals surface area contributed by atoms with Crippen LogP contribution in [0, 0.1) is 22.7 Å². The van der Waals surface area contributed by atoms with Gasteiger partial charge in [-0.05, 0) is 12.1 Å². The first-order valence-electron chi connectivity index (χ1n) is 3.81. The van der Waals surface area contributed by atoms with Crippen molar-refractivity contribution in [2.45, 2.75) is 0 Å². The largest absolute Gasteiger partial charge is 0.760 e. The number of nitriles is 2. The van der Waals surface area contributed by atoms with Gasteiger partial charge >= 0.3 is 0 Å². The zero-order chi connectivity index (χ0) is 10.4. The fourth-order valence-corrected chi connectivity index (χ4v) is 1.05. The molecule has 0 unspecified atom stereocenters. The van der Waals surface area contributed by atoms with E-state index in [0.29, 0.717) is 0 Å². The Bertz CT molecular complexity index is 407. The fourth-order valence-electron chi connectivity index (χ4n) is 0.842. The summed E-state index contributed by atoms with van der Waals surface area (Å²) in [5, 5.41) is 20.0. The van der Waals surface area contributed by atoms with Gasteiger partial charge in [0.2, 0.25) is 0 Å². The predicted octanol–water partition coefficient (Wildman–Crippen LogP) is 1.90. The molecular formula is C10H6N3S-. The zero-order valence-corrected chi connectivity index (χ0v) is 8.01. The van der Waals surface area contributed by atoms with Crippen LogP contribution in [0.25, 0.3) is 0 Å². The number of nitrogens with zero attached hydrogens (tertiary/aromatic N) is 2. The van der Waals surface area contributed by atoms with Gasteiger partial charge in [0, 0.05) is 5.69 Å². The van der Waals surface area contributed by atoms with Crippen molar-refractivity contribution < 1.29 is 0 Å². The number of benzene rings is 1. The van der Waals surface area contributed by atoms with E-state index in [1.807, 2.05) is 18.2 Å². The van der Waals surface area contributed by atoms with Crippen LogP contribution < -0.4 is 5.32 Å². The lowest BCUT2D eigenvalue weighted by atomic mass is 10.3. The molecule has 0 radical (unpaired) electrons. The monoisotopic (exact) mass is 200 g/mol. The van der Waals surface area contributed by atoms with Gasteiger partial charge in [-0.3, -0.25) is 0 Å². The highest BCUT2D eigenvalue weighted by Crippen LogP contribution is 2.10. The second kappa shape index (κ2) is 4.86. The third kappa shape index (κ3) is 2.48. The first-order valence-corrected chi connectivity index (χ1v) is 4.22. The lowest BCUT2D eigenvalue weighted by Gasteiger charge is -2.14. The van der Waals surface area contributed by atoms with Gasteiger partial charge in [-0.25, -0.2) is 0 Å². The van der Waals surface area contributed by atoms with Crippen LogP contribution >= 0.6 is 0 Å². The lowest BCUT2D eigenvalue weighted by Crippen LogP contribution is -1.98. The molecule has 1 rings (SSSR count).